The standard InChI is InChI=1S/C13H8Cl2F3N3O/c1-6-2-3-9(8(14)4-6)20-11(22)7-5-19-12(15)21-10(7)13(16,17)18/h2-5H,1H3,(H,20,22). The van der Waals surface area contributed by atoms with E-state index in [2.05, 4.69) is 15.3 Å². The first-order valence-electron chi connectivity index (χ1n) is 5.85. The van der Waals surface area contributed by atoms with Gasteiger partial charge in [0.15, 0.2) is 5.69 Å². The molecule has 1 amide bonds. The van der Waals surface area contributed by atoms with Crippen LogP contribution in [0.2, 0.25) is 10.3 Å². The molecule has 2 aromatic rings. The number of alkyl halides is 3. The molecule has 0 radical (unpaired) electrons. The maximum absolute atomic E-state index is 12.9. The summed E-state index contributed by atoms with van der Waals surface area (Å²) in [4.78, 5) is 18.5. The van der Waals surface area contributed by atoms with Gasteiger partial charge in [-0.1, -0.05) is 17.7 Å². The minimum Gasteiger partial charge on any atom is -0.321 e. The molecule has 0 spiro atoms. The van der Waals surface area contributed by atoms with E-state index in [1.54, 1.807) is 19.1 Å². The van der Waals surface area contributed by atoms with E-state index in [0.29, 0.717) is 0 Å². The summed E-state index contributed by atoms with van der Waals surface area (Å²) in [5.41, 5.74) is -1.13. The summed E-state index contributed by atoms with van der Waals surface area (Å²) in [5.74, 6) is -1.03. The van der Waals surface area contributed by atoms with Crippen LogP contribution in [-0.4, -0.2) is 15.9 Å². The first kappa shape index (κ1) is 16.5. The summed E-state index contributed by atoms with van der Waals surface area (Å²) >= 11 is 11.3. The Labute approximate surface area is 133 Å². The molecular formula is C13H8Cl2F3N3O. The minimum atomic E-state index is -4.84. The fourth-order valence-corrected chi connectivity index (χ4v) is 2.07. The molecule has 1 aromatic carbocycles. The third kappa shape index (κ3) is 3.66. The maximum atomic E-state index is 12.9. The molecule has 0 fully saturated rings. The number of carbonyl (C=O) groups excluding carboxylic acids is 1. The predicted octanol–water partition coefficient (Wildman–Crippen LogP) is 4.36. The number of hydrogen-bond acceptors (Lipinski definition) is 3. The van der Waals surface area contributed by atoms with Crippen LogP contribution in [0, 0.1) is 6.92 Å². The van der Waals surface area contributed by atoms with Crippen molar-refractivity contribution in [3.8, 4) is 0 Å². The lowest BCUT2D eigenvalue weighted by molar-refractivity contribution is -0.141. The molecule has 1 N–H and O–H groups in total. The van der Waals surface area contributed by atoms with Crippen molar-refractivity contribution in [1.82, 2.24) is 9.97 Å². The van der Waals surface area contributed by atoms with E-state index in [9.17, 15) is 18.0 Å². The van der Waals surface area contributed by atoms with Crippen molar-refractivity contribution in [2.45, 2.75) is 13.1 Å². The van der Waals surface area contributed by atoms with Crippen LogP contribution in [0.3, 0.4) is 0 Å². The van der Waals surface area contributed by atoms with Crippen LogP contribution in [0.15, 0.2) is 24.4 Å². The van der Waals surface area contributed by atoms with Crippen molar-refractivity contribution in [1.29, 1.82) is 0 Å². The van der Waals surface area contributed by atoms with E-state index >= 15 is 0 Å². The lowest BCUT2D eigenvalue weighted by Gasteiger charge is -2.12. The number of anilines is 1. The van der Waals surface area contributed by atoms with Gasteiger partial charge in [0, 0.05) is 6.20 Å². The second-order valence-electron chi connectivity index (χ2n) is 4.34. The van der Waals surface area contributed by atoms with Crippen LogP contribution < -0.4 is 5.32 Å². The quantitative estimate of drug-likeness (QED) is 0.819. The third-order valence-corrected chi connectivity index (χ3v) is 3.14. The largest absolute Gasteiger partial charge is 0.434 e. The number of hydrogen-bond donors (Lipinski definition) is 1. The van der Waals surface area contributed by atoms with Gasteiger partial charge in [-0.05, 0) is 36.2 Å². The molecule has 0 unspecified atom stereocenters. The summed E-state index contributed by atoms with van der Waals surface area (Å²) < 4.78 is 38.7. The van der Waals surface area contributed by atoms with Crippen LogP contribution in [0.4, 0.5) is 18.9 Å². The highest BCUT2D eigenvalue weighted by Crippen LogP contribution is 2.31. The molecule has 1 aromatic heterocycles. The molecule has 0 aliphatic rings. The van der Waals surface area contributed by atoms with Crippen LogP contribution in [0.5, 0.6) is 0 Å². The van der Waals surface area contributed by atoms with Gasteiger partial charge < -0.3 is 5.32 Å². The number of aryl methyl sites for hydroxylation is 1. The van der Waals surface area contributed by atoms with Gasteiger partial charge in [0.25, 0.3) is 5.91 Å². The smallest absolute Gasteiger partial charge is 0.321 e. The second kappa shape index (κ2) is 6.10. The molecule has 22 heavy (non-hydrogen) atoms. The van der Waals surface area contributed by atoms with Crippen molar-refractivity contribution < 1.29 is 18.0 Å². The number of benzene rings is 1. The molecule has 0 atom stereocenters. The first-order chi connectivity index (χ1) is 10.2. The third-order valence-electron chi connectivity index (χ3n) is 2.65. The summed E-state index contributed by atoms with van der Waals surface area (Å²) in [6, 6.07) is 4.71. The predicted molar refractivity (Wildman–Crippen MR) is 76.2 cm³/mol. The Balaban J connectivity index is 2.38. The van der Waals surface area contributed by atoms with E-state index in [1.807, 2.05) is 0 Å². The molecule has 1 heterocycles. The van der Waals surface area contributed by atoms with E-state index in [0.717, 1.165) is 11.8 Å². The molecule has 0 saturated carbocycles. The zero-order valence-electron chi connectivity index (χ0n) is 11.0. The highest BCUT2D eigenvalue weighted by Gasteiger charge is 2.38. The Morgan fingerprint density at radius 2 is 1.95 bits per heavy atom. The number of rotatable bonds is 2. The van der Waals surface area contributed by atoms with Gasteiger partial charge in [-0.25, -0.2) is 9.97 Å². The highest BCUT2D eigenvalue weighted by molar-refractivity contribution is 6.34. The summed E-state index contributed by atoms with van der Waals surface area (Å²) in [6.45, 7) is 1.78. The molecular weight excluding hydrogens is 342 g/mol. The SMILES string of the molecule is Cc1ccc(NC(=O)c2cnc(Cl)nc2C(F)(F)F)c(Cl)c1. The summed E-state index contributed by atoms with van der Waals surface area (Å²) in [5, 5.41) is 1.90. The molecule has 9 heteroatoms. The Hall–Kier alpha value is -1.86. The average molecular weight is 350 g/mol. The van der Waals surface area contributed by atoms with Gasteiger partial charge in [-0.3, -0.25) is 4.79 Å². The number of nitrogens with one attached hydrogen (secondary N) is 1. The van der Waals surface area contributed by atoms with Crippen molar-refractivity contribution in [3.63, 3.8) is 0 Å². The molecule has 0 aliphatic carbocycles. The highest BCUT2D eigenvalue weighted by atomic mass is 35.5. The van der Waals surface area contributed by atoms with Gasteiger partial charge in [0.1, 0.15) is 0 Å². The average Bonchev–Trinajstić information content (AvgIpc) is 2.40. The normalized spacial score (nSPS) is 11.4. The Morgan fingerprint density at radius 3 is 2.55 bits per heavy atom. The molecule has 0 aliphatic heterocycles. The summed E-state index contributed by atoms with van der Waals surface area (Å²) in [7, 11) is 0. The lowest BCUT2D eigenvalue weighted by Crippen LogP contribution is -2.21. The Kier molecular flexibility index (Phi) is 4.58. The van der Waals surface area contributed by atoms with Crippen LogP contribution in [0.1, 0.15) is 21.6 Å². The number of amides is 1. The molecule has 0 bridgehead atoms. The lowest BCUT2D eigenvalue weighted by atomic mass is 10.2. The maximum Gasteiger partial charge on any atom is 0.434 e. The van der Waals surface area contributed by atoms with Gasteiger partial charge >= 0.3 is 6.18 Å². The van der Waals surface area contributed by atoms with Gasteiger partial charge in [0.05, 0.1) is 16.3 Å². The van der Waals surface area contributed by atoms with Crippen LogP contribution in [-0.2, 0) is 6.18 Å². The van der Waals surface area contributed by atoms with E-state index in [4.69, 9.17) is 23.2 Å². The van der Waals surface area contributed by atoms with E-state index in [-0.39, 0.29) is 10.7 Å². The molecule has 4 nitrogen and oxygen atoms in total. The van der Waals surface area contributed by atoms with Crippen molar-refractivity contribution in [2.24, 2.45) is 0 Å². The van der Waals surface area contributed by atoms with Gasteiger partial charge in [-0.2, -0.15) is 13.2 Å². The Bertz CT molecular complexity index is 735. The number of halogens is 5. The van der Waals surface area contributed by atoms with Gasteiger partial charge in [0.2, 0.25) is 5.28 Å². The zero-order valence-corrected chi connectivity index (χ0v) is 12.5. The van der Waals surface area contributed by atoms with Crippen molar-refractivity contribution in [2.75, 3.05) is 5.32 Å². The zero-order chi connectivity index (χ0) is 16.5. The van der Waals surface area contributed by atoms with E-state index < -0.39 is 28.6 Å². The van der Waals surface area contributed by atoms with Crippen LogP contribution in [0.25, 0.3) is 0 Å². The topological polar surface area (TPSA) is 54.9 Å². The van der Waals surface area contributed by atoms with E-state index in [1.165, 1.54) is 6.07 Å². The summed E-state index contributed by atoms with van der Waals surface area (Å²) in [6.07, 6.45) is -4.12. The van der Waals surface area contributed by atoms with Crippen molar-refractivity contribution >= 4 is 34.8 Å². The number of nitrogens with zero attached hydrogens (tertiary/aromatic N) is 2. The fourth-order valence-electron chi connectivity index (χ4n) is 1.65. The first-order valence-corrected chi connectivity index (χ1v) is 6.61. The van der Waals surface area contributed by atoms with Gasteiger partial charge in [-0.15, -0.1) is 0 Å². The van der Waals surface area contributed by atoms with Crippen molar-refractivity contribution in [3.05, 3.63) is 51.5 Å². The minimum absolute atomic E-state index is 0.181. The van der Waals surface area contributed by atoms with Crippen LogP contribution >= 0.6 is 23.2 Å². The molecule has 2 rings (SSSR count). The fraction of sp³-hybridized carbons (Fsp3) is 0.154. The molecule has 116 valence electrons. The second-order valence-corrected chi connectivity index (χ2v) is 5.08. The monoisotopic (exact) mass is 349 g/mol. The molecule has 0 saturated heterocycles. The number of carbonyl (C=O) groups is 1. The number of aromatic nitrogens is 2. The Morgan fingerprint density at radius 1 is 1.27 bits per heavy atom.